The third-order valence-electron chi connectivity index (χ3n) is 11.4. The summed E-state index contributed by atoms with van der Waals surface area (Å²) in [7, 11) is -0.496. The van der Waals surface area contributed by atoms with Crippen LogP contribution in [0, 0.1) is 23.7 Å². The molecule has 0 aliphatic carbocycles. The van der Waals surface area contributed by atoms with Gasteiger partial charge >= 0.3 is 0 Å². The van der Waals surface area contributed by atoms with Crippen molar-refractivity contribution in [2.75, 3.05) is 27.4 Å². The lowest BCUT2D eigenvalue weighted by atomic mass is 9.90. The van der Waals surface area contributed by atoms with E-state index in [4.69, 9.17) is 33.5 Å². The smallest absolute Gasteiger partial charge is 0.192 e. The van der Waals surface area contributed by atoms with E-state index in [2.05, 4.69) is 95.4 Å². The van der Waals surface area contributed by atoms with E-state index in [9.17, 15) is 4.79 Å². The van der Waals surface area contributed by atoms with Crippen LogP contribution in [-0.2, 0) is 36.3 Å². The molecule has 0 aliphatic heterocycles. The average molecular weight is 776 g/mol. The highest BCUT2D eigenvalue weighted by molar-refractivity contribution is 6.74. The fourth-order valence-electron chi connectivity index (χ4n) is 5.28. The van der Waals surface area contributed by atoms with E-state index in [0.717, 1.165) is 28.9 Å². The fourth-order valence-corrected chi connectivity index (χ4v) is 8.24. The normalized spacial score (nSPS) is 16.6. The van der Waals surface area contributed by atoms with Crippen LogP contribution in [0.1, 0.15) is 87.3 Å². The van der Waals surface area contributed by atoms with E-state index >= 15 is 0 Å². The summed E-state index contributed by atoms with van der Waals surface area (Å²) in [6, 6.07) is 15.9. The van der Waals surface area contributed by atoms with Crippen molar-refractivity contribution in [1.29, 1.82) is 0 Å². The van der Waals surface area contributed by atoms with Crippen LogP contribution in [0.3, 0.4) is 0 Å². The van der Waals surface area contributed by atoms with Crippen LogP contribution in [0.5, 0.6) is 11.5 Å². The van der Waals surface area contributed by atoms with Crippen LogP contribution in [-0.4, -0.2) is 68.6 Å². The van der Waals surface area contributed by atoms with Crippen molar-refractivity contribution in [2.24, 2.45) is 29.4 Å². The molecule has 0 aliphatic rings. The molecule has 0 saturated carbocycles. The third-order valence-corrected chi connectivity index (χ3v) is 20.4. The molecule has 0 aromatic heterocycles. The second-order valence-electron chi connectivity index (χ2n) is 18.0. The highest BCUT2D eigenvalue weighted by Gasteiger charge is 2.43. The van der Waals surface area contributed by atoms with Gasteiger partial charge in [0.25, 0.3) is 0 Å². The number of hydrogen-bond acceptors (Lipinski definition) is 8. The van der Waals surface area contributed by atoms with Gasteiger partial charge in [-0.15, -0.1) is 0 Å². The first-order chi connectivity index (χ1) is 24.4. The Morgan fingerprint density at radius 1 is 0.660 bits per heavy atom. The molecule has 2 aromatic carbocycles. The minimum atomic E-state index is -1.95. The topological polar surface area (TPSA) is 98.5 Å². The minimum absolute atomic E-state index is 0.0795. The molecule has 10 heteroatoms. The zero-order valence-electron chi connectivity index (χ0n) is 36.5. The van der Waals surface area contributed by atoms with E-state index < -0.39 is 16.6 Å². The van der Waals surface area contributed by atoms with E-state index in [0.29, 0.717) is 32.3 Å². The molecule has 2 rings (SSSR count). The number of nitrogens with two attached hydrogens (primary N) is 1. The molecule has 7 atom stereocenters. The molecule has 0 saturated heterocycles. The molecule has 0 amide bonds. The lowest BCUT2D eigenvalue weighted by molar-refractivity contribution is -0.114. The Kier molecular flexibility index (Phi) is 20.2. The van der Waals surface area contributed by atoms with Crippen LogP contribution in [0.25, 0.3) is 0 Å². The van der Waals surface area contributed by atoms with Gasteiger partial charge in [0.2, 0.25) is 0 Å². The van der Waals surface area contributed by atoms with Gasteiger partial charge in [-0.05, 0) is 91.0 Å². The van der Waals surface area contributed by atoms with Crippen LogP contribution < -0.4 is 15.2 Å². The van der Waals surface area contributed by atoms with Gasteiger partial charge in [-0.25, -0.2) is 0 Å². The van der Waals surface area contributed by atoms with Gasteiger partial charge in [-0.3, -0.25) is 0 Å². The summed E-state index contributed by atoms with van der Waals surface area (Å²) in [4.78, 5) is 11.4. The van der Waals surface area contributed by atoms with Crippen molar-refractivity contribution in [3.8, 4) is 11.5 Å². The van der Waals surface area contributed by atoms with Crippen molar-refractivity contribution >= 4 is 22.9 Å². The Balaban J connectivity index is 0.000000530. The third kappa shape index (κ3) is 15.9. The molecule has 7 unspecified atom stereocenters. The number of hydrogen-bond donors (Lipinski definition) is 1. The number of methoxy groups -OCH3 is 2. The van der Waals surface area contributed by atoms with Gasteiger partial charge in [-0.1, -0.05) is 93.5 Å². The molecule has 0 heterocycles. The predicted molar refractivity (Wildman–Crippen MR) is 226 cm³/mol. The summed E-state index contributed by atoms with van der Waals surface area (Å²) in [5, 5.41) is 0.282. The molecule has 0 bridgehead atoms. The van der Waals surface area contributed by atoms with Gasteiger partial charge in [-0.2, -0.15) is 0 Å². The highest BCUT2D eigenvalue weighted by atomic mass is 28.4. The Bertz CT molecular complexity index is 1310. The zero-order chi connectivity index (χ0) is 40.8. The lowest BCUT2D eigenvalue weighted by Crippen LogP contribution is -2.50. The number of carbonyl (C=O) groups excluding carboxylic acids is 1. The number of ether oxygens (including phenoxy) is 4. The molecule has 8 nitrogen and oxygen atoms in total. The highest BCUT2D eigenvalue weighted by Crippen LogP contribution is 2.40. The number of benzene rings is 2. The Labute approximate surface area is 326 Å². The predicted octanol–water partition coefficient (Wildman–Crippen LogP) is 10.3. The van der Waals surface area contributed by atoms with Crippen LogP contribution >= 0.6 is 0 Å². The summed E-state index contributed by atoms with van der Waals surface area (Å²) in [6.07, 6.45) is 1.06. The maximum Gasteiger partial charge on any atom is 0.192 e. The molecule has 304 valence electrons. The SMILES string of the molecule is COc1ccc(COC(C)C(C)C(O[Si](C)(C)C(C)(C)C)C(C)CN)cc1.COc1ccc(COCC(C)C(O[Si](C)(C)C(C)(C)C)C(C)C=O)cc1. The summed E-state index contributed by atoms with van der Waals surface area (Å²) in [6.45, 7) is 35.4. The Morgan fingerprint density at radius 3 is 1.45 bits per heavy atom. The van der Waals surface area contributed by atoms with Crippen LogP contribution in [0.15, 0.2) is 48.5 Å². The second kappa shape index (κ2) is 21.9. The molecular formula is C43H77NO7Si2. The van der Waals surface area contributed by atoms with Gasteiger partial charge < -0.3 is 38.3 Å². The molecule has 0 radical (unpaired) electrons. The maximum absolute atomic E-state index is 11.4. The Hall–Kier alpha value is -2.06. The summed E-state index contributed by atoms with van der Waals surface area (Å²) in [5.74, 6) is 2.24. The Morgan fingerprint density at radius 2 is 1.08 bits per heavy atom. The van der Waals surface area contributed by atoms with Crippen LogP contribution in [0.4, 0.5) is 0 Å². The maximum atomic E-state index is 11.4. The first-order valence-electron chi connectivity index (χ1n) is 19.4. The number of rotatable bonds is 20. The molecule has 2 N–H and O–H groups in total. The van der Waals surface area contributed by atoms with Crippen molar-refractivity contribution < 1.29 is 32.6 Å². The van der Waals surface area contributed by atoms with Crippen molar-refractivity contribution in [2.45, 2.75) is 144 Å². The molecule has 53 heavy (non-hydrogen) atoms. The lowest BCUT2D eigenvalue weighted by Gasteiger charge is -2.43. The van der Waals surface area contributed by atoms with Crippen molar-refractivity contribution in [3.05, 3.63) is 59.7 Å². The van der Waals surface area contributed by atoms with Crippen molar-refractivity contribution in [3.63, 3.8) is 0 Å². The molecule has 0 spiro atoms. The summed E-state index contributed by atoms with van der Waals surface area (Å²) < 4.78 is 35.8. The van der Waals surface area contributed by atoms with Gasteiger partial charge in [0.1, 0.15) is 17.8 Å². The molecule has 2 aromatic rings. The first-order valence-corrected chi connectivity index (χ1v) is 25.2. The van der Waals surface area contributed by atoms with E-state index in [-0.39, 0.29) is 46.1 Å². The van der Waals surface area contributed by atoms with Gasteiger partial charge in [0, 0.05) is 17.8 Å². The largest absolute Gasteiger partial charge is 0.497 e. The van der Waals surface area contributed by atoms with Crippen LogP contribution in [0.2, 0.25) is 36.3 Å². The van der Waals surface area contributed by atoms with E-state index in [1.54, 1.807) is 14.2 Å². The molecular weight excluding hydrogens is 699 g/mol. The monoisotopic (exact) mass is 776 g/mol. The first kappa shape index (κ1) is 49.0. The van der Waals surface area contributed by atoms with E-state index in [1.807, 2.05) is 55.5 Å². The minimum Gasteiger partial charge on any atom is -0.497 e. The van der Waals surface area contributed by atoms with E-state index in [1.165, 1.54) is 0 Å². The standard InChI is InChI=1S/C22H41NO3Si.C21H36O4Si/c1-16(14-23)21(26-27(8,9)22(4,5)6)17(2)18(3)25-15-19-10-12-20(24-7)13-11-19;1-16(13-22)20(25-26(7,8)21(3,4)5)17(2)14-24-15-18-9-11-19(23-6)12-10-18/h10-13,16-18,21H,14-15,23H2,1-9H3;9-13,16-17,20H,14-15H2,1-8H3. The van der Waals surface area contributed by atoms with Gasteiger partial charge in [0.15, 0.2) is 16.6 Å². The molecule has 0 fully saturated rings. The van der Waals surface area contributed by atoms with Crippen molar-refractivity contribution in [1.82, 2.24) is 0 Å². The summed E-state index contributed by atoms with van der Waals surface area (Å²) in [5.41, 5.74) is 8.26. The van der Waals surface area contributed by atoms with Gasteiger partial charge in [0.05, 0.1) is 52.4 Å². The second-order valence-corrected chi connectivity index (χ2v) is 27.5. The number of carbonyl (C=O) groups is 1. The quantitative estimate of drug-likeness (QED) is 0.105. The fraction of sp³-hybridized carbons (Fsp3) is 0.698. The number of aldehydes is 1. The average Bonchev–Trinajstić information content (AvgIpc) is 3.10. The summed E-state index contributed by atoms with van der Waals surface area (Å²) >= 11 is 0. The zero-order valence-corrected chi connectivity index (χ0v) is 38.5.